The Labute approximate surface area is 44.5 Å². The van der Waals surface area contributed by atoms with Crippen LogP contribution in [0.25, 0.3) is 0 Å². The second-order valence-corrected chi connectivity index (χ2v) is 1.89. The molecule has 1 fully saturated rings. The van der Waals surface area contributed by atoms with E-state index in [-0.39, 0.29) is 0 Å². The van der Waals surface area contributed by atoms with Crippen molar-refractivity contribution < 1.29 is 0 Å². The van der Waals surface area contributed by atoms with Crippen LogP contribution in [0, 0.1) is 0 Å². The lowest BCUT2D eigenvalue weighted by Gasteiger charge is -2.13. The molecule has 1 saturated carbocycles. The van der Waals surface area contributed by atoms with Gasteiger partial charge in [0.15, 0.2) is 0 Å². The molecule has 0 atom stereocenters. The van der Waals surface area contributed by atoms with Gasteiger partial charge in [-0.25, -0.2) is 0 Å². The summed E-state index contributed by atoms with van der Waals surface area (Å²) in [4.78, 5) is 4.25. The topological polar surface area (TPSA) is 12.4 Å². The predicted molar refractivity (Wildman–Crippen MR) is 31.8 cm³/mol. The summed E-state index contributed by atoms with van der Waals surface area (Å²) >= 11 is 0. The van der Waals surface area contributed by atoms with Gasteiger partial charge in [0.05, 0.1) is 0 Å². The van der Waals surface area contributed by atoms with Gasteiger partial charge in [0.1, 0.15) is 0 Å². The van der Waals surface area contributed by atoms with Crippen molar-refractivity contribution in [1.29, 1.82) is 0 Å². The van der Waals surface area contributed by atoms with Gasteiger partial charge in [-0.1, -0.05) is 0 Å². The Balaban J connectivity index is 2.23. The first-order valence-electron chi connectivity index (χ1n) is 2.95. The van der Waals surface area contributed by atoms with Crippen molar-refractivity contribution in [2.45, 2.75) is 26.2 Å². The Morgan fingerprint density at radius 2 is 2.29 bits per heavy atom. The van der Waals surface area contributed by atoms with E-state index in [1.54, 1.807) is 0 Å². The maximum absolute atomic E-state index is 4.25. The Morgan fingerprint density at radius 1 is 1.57 bits per heavy atom. The molecule has 0 amide bonds. The number of nitrogens with zero attached hydrogens (tertiary/aromatic N) is 1. The van der Waals surface area contributed by atoms with Gasteiger partial charge in [-0.2, -0.15) is 0 Å². The van der Waals surface area contributed by atoms with Crippen molar-refractivity contribution in [1.82, 2.24) is 0 Å². The standard InChI is InChI=1S/C6H11N/c1-2-7-6-4-3-5-6/h2-5H2,1H3. The first-order valence-corrected chi connectivity index (χ1v) is 2.95. The van der Waals surface area contributed by atoms with Gasteiger partial charge in [0.25, 0.3) is 0 Å². The molecule has 40 valence electrons. The van der Waals surface area contributed by atoms with Crippen LogP contribution in [0.2, 0.25) is 0 Å². The first kappa shape index (κ1) is 4.82. The maximum Gasteiger partial charge on any atom is 0.0360 e. The zero-order valence-electron chi connectivity index (χ0n) is 4.78. The number of hydrogen-bond donors (Lipinski definition) is 0. The van der Waals surface area contributed by atoms with Gasteiger partial charge in [0.2, 0.25) is 0 Å². The zero-order chi connectivity index (χ0) is 5.11. The molecule has 0 aromatic carbocycles. The predicted octanol–water partition coefficient (Wildman–Crippen LogP) is 1.63. The first-order chi connectivity index (χ1) is 3.43. The molecular formula is C6H11N. The van der Waals surface area contributed by atoms with Crippen LogP contribution in [0.3, 0.4) is 0 Å². The minimum absolute atomic E-state index is 0.981. The van der Waals surface area contributed by atoms with Crippen LogP contribution in [0.4, 0.5) is 0 Å². The Kier molecular flexibility index (Phi) is 1.45. The molecule has 7 heavy (non-hydrogen) atoms. The summed E-state index contributed by atoms with van der Waals surface area (Å²) in [6, 6.07) is 0. The lowest BCUT2D eigenvalue weighted by atomic mass is 9.97. The van der Waals surface area contributed by atoms with E-state index >= 15 is 0 Å². The summed E-state index contributed by atoms with van der Waals surface area (Å²) in [6.45, 7) is 3.07. The fourth-order valence-electron chi connectivity index (χ4n) is 0.717. The molecule has 0 heterocycles. The van der Waals surface area contributed by atoms with Crippen LogP contribution in [-0.2, 0) is 0 Å². The molecule has 0 spiro atoms. The third-order valence-corrected chi connectivity index (χ3v) is 1.31. The fourth-order valence-corrected chi connectivity index (χ4v) is 0.717. The van der Waals surface area contributed by atoms with Gasteiger partial charge >= 0.3 is 0 Å². The molecule has 0 N–H and O–H groups in total. The van der Waals surface area contributed by atoms with Gasteiger partial charge in [-0.15, -0.1) is 0 Å². The van der Waals surface area contributed by atoms with Crippen molar-refractivity contribution in [3.05, 3.63) is 0 Å². The molecule has 1 heteroatoms. The molecule has 0 aromatic rings. The largest absolute Gasteiger partial charge is 0.294 e. The Hall–Kier alpha value is -0.330. The normalized spacial score (nSPS) is 18.7. The minimum atomic E-state index is 0.981. The van der Waals surface area contributed by atoms with Crippen LogP contribution in [-0.4, -0.2) is 12.3 Å². The van der Waals surface area contributed by atoms with E-state index in [4.69, 9.17) is 0 Å². The SMILES string of the molecule is CCN=C1CCC1. The third-order valence-electron chi connectivity index (χ3n) is 1.31. The molecule has 0 saturated heterocycles. The quantitative estimate of drug-likeness (QED) is 0.471. The molecule has 1 aliphatic rings. The summed E-state index contributed by atoms with van der Waals surface area (Å²) in [6.07, 6.45) is 3.92. The molecular weight excluding hydrogens is 86.1 g/mol. The second kappa shape index (κ2) is 2.10. The summed E-state index contributed by atoms with van der Waals surface area (Å²) in [5, 5.41) is 0. The second-order valence-electron chi connectivity index (χ2n) is 1.89. The van der Waals surface area contributed by atoms with Gasteiger partial charge in [-0.05, 0) is 26.2 Å². The third kappa shape index (κ3) is 1.02. The van der Waals surface area contributed by atoms with Crippen LogP contribution in [0.5, 0.6) is 0 Å². The van der Waals surface area contributed by atoms with E-state index in [9.17, 15) is 0 Å². The van der Waals surface area contributed by atoms with E-state index in [0.29, 0.717) is 0 Å². The van der Waals surface area contributed by atoms with Crippen LogP contribution >= 0.6 is 0 Å². The average molecular weight is 97.2 g/mol. The molecule has 0 radical (unpaired) electrons. The summed E-state index contributed by atoms with van der Waals surface area (Å²) < 4.78 is 0. The highest BCUT2D eigenvalue weighted by Gasteiger charge is 2.07. The highest BCUT2D eigenvalue weighted by Crippen LogP contribution is 2.13. The van der Waals surface area contributed by atoms with Crippen molar-refractivity contribution in [3.63, 3.8) is 0 Å². The maximum atomic E-state index is 4.25. The van der Waals surface area contributed by atoms with Gasteiger partial charge in [-0.3, -0.25) is 4.99 Å². The van der Waals surface area contributed by atoms with E-state index in [2.05, 4.69) is 11.9 Å². The van der Waals surface area contributed by atoms with Crippen molar-refractivity contribution in [3.8, 4) is 0 Å². The lowest BCUT2D eigenvalue weighted by molar-refractivity contribution is 0.791. The molecule has 1 aliphatic carbocycles. The lowest BCUT2D eigenvalue weighted by Crippen LogP contribution is -2.09. The van der Waals surface area contributed by atoms with Gasteiger partial charge in [0, 0.05) is 12.3 Å². The van der Waals surface area contributed by atoms with E-state index in [0.717, 1.165) is 6.54 Å². The average Bonchev–Trinajstić information content (AvgIpc) is 1.55. The number of rotatable bonds is 1. The number of hydrogen-bond acceptors (Lipinski definition) is 1. The number of aliphatic imine (C=N–C) groups is 1. The molecule has 0 bridgehead atoms. The Morgan fingerprint density at radius 3 is 2.43 bits per heavy atom. The zero-order valence-corrected chi connectivity index (χ0v) is 4.78. The van der Waals surface area contributed by atoms with Crippen LogP contribution < -0.4 is 0 Å². The fraction of sp³-hybridized carbons (Fsp3) is 0.833. The van der Waals surface area contributed by atoms with E-state index < -0.39 is 0 Å². The van der Waals surface area contributed by atoms with E-state index in [1.807, 2.05) is 0 Å². The smallest absolute Gasteiger partial charge is 0.0360 e. The van der Waals surface area contributed by atoms with Crippen LogP contribution in [0.15, 0.2) is 4.99 Å². The minimum Gasteiger partial charge on any atom is -0.294 e. The van der Waals surface area contributed by atoms with Crippen molar-refractivity contribution in [2.24, 2.45) is 4.99 Å². The van der Waals surface area contributed by atoms with Crippen molar-refractivity contribution >= 4 is 5.71 Å². The van der Waals surface area contributed by atoms with Gasteiger partial charge < -0.3 is 0 Å². The highest BCUT2D eigenvalue weighted by atomic mass is 14.7. The monoisotopic (exact) mass is 97.1 g/mol. The highest BCUT2D eigenvalue weighted by molar-refractivity contribution is 5.89. The molecule has 0 aromatic heterocycles. The molecule has 1 nitrogen and oxygen atoms in total. The molecule has 1 rings (SSSR count). The molecule has 0 aliphatic heterocycles. The van der Waals surface area contributed by atoms with E-state index in [1.165, 1.54) is 25.0 Å². The summed E-state index contributed by atoms with van der Waals surface area (Å²) in [5.41, 5.74) is 1.43. The summed E-state index contributed by atoms with van der Waals surface area (Å²) in [7, 11) is 0. The van der Waals surface area contributed by atoms with Crippen molar-refractivity contribution in [2.75, 3.05) is 6.54 Å². The molecule has 0 unspecified atom stereocenters. The Bertz CT molecular complexity index is 78.2. The van der Waals surface area contributed by atoms with Crippen LogP contribution in [0.1, 0.15) is 26.2 Å². The summed E-state index contributed by atoms with van der Waals surface area (Å²) in [5.74, 6) is 0.